The van der Waals surface area contributed by atoms with Crippen LogP contribution in [0.1, 0.15) is 65.5 Å². The average molecular weight is 646 g/mol. The van der Waals surface area contributed by atoms with Crippen LogP contribution in [0.4, 0.5) is 0 Å². The van der Waals surface area contributed by atoms with Crippen LogP contribution in [0.5, 0.6) is 0 Å². The Morgan fingerprint density at radius 1 is 0.690 bits per heavy atom. The Morgan fingerprint density at radius 3 is 1.07 bits per heavy atom. The molecule has 0 saturated heterocycles. The quantitative estimate of drug-likeness (QED) is 0.270. The Bertz CT molecular complexity index is 763. The van der Waals surface area contributed by atoms with Crippen LogP contribution in [-0.4, -0.2) is 17.5 Å². The Hall–Kier alpha value is -0.230. The first kappa shape index (κ1) is 28.8. The highest BCUT2D eigenvalue weighted by atomic mass is 127. The SMILES string of the molecule is CCC(C)(C)c1ccc(I)cc1.CCC(C)(C)c1ccc(I)cc1.O=S(=O)(O)O. The third-order valence-corrected chi connectivity index (χ3v) is 6.46. The van der Waals surface area contributed by atoms with Crippen molar-refractivity contribution < 1.29 is 17.5 Å². The summed E-state index contributed by atoms with van der Waals surface area (Å²) in [6.45, 7) is 13.6. The van der Waals surface area contributed by atoms with Gasteiger partial charge in [-0.2, -0.15) is 8.42 Å². The number of rotatable bonds is 4. The van der Waals surface area contributed by atoms with Crippen LogP contribution in [0.15, 0.2) is 48.5 Å². The van der Waals surface area contributed by atoms with Crippen molar-refractivity contribution in [3.8, 4) is 0 Å². The van der Waals surface area contributed by atoms with E-state index in [1.165, 1.54) is 31.1 Å². The van der Waals surface area contributed by atoms with Gasteiger partial charge in [0, 0.05) is 7.14 Å². The van der Waals surface area contributed by atoms with Crippen LogP contribution in [0, 0.1) is 7.14 Å². The van der Waals surface area contributed by atoms with Gasteiger partial charge in [0.2, 0.25) is 0 Å². The molecule has 0 amide bonds. The summed E-state index contributed by atoms with van der Waals surface area (Å²) < 4.78 is 34.2. The van der Waals surface area contributed by atoms with Crippen LogP contribution in [0.3, 0.4) is 0 Å². The molecule has 0 aliphatic heterocycles. The summed E-state index contributed by atoms with van der Waals surface area (Å²) in [5, 5.41) is 0. The molecule has 0 unspecified atom stereocenters. The summed E-state index contributed by atoms with van der Waals surface area (Å²) in [6, 6.07) is 17.6. The molecule has 7 heteroatoms. The summed E-state index contributed by atoms with van der Waals surface area (Å²) in [4.78, 5) is 0. The van der Waals surface area contributed by atoms with Crippen molar-refractivity contribution in [3.05, 3.63) is 66.8 Å². The van der Waals surface area contributed by atoms with Crippen molar-refractivity contribution in [3.63, 3.8) is 0 Å². The summed E-state index contributed by atoms with van der Waals surface area (Å²) in [6.07, 6.45) is 2.38. The molecule has 2 aromatic carbocycles. The van der Waals surface area contributed by atoms with E-state index >= 15 is 0 Å². The molecule has 0 saturated carbocycles. The van der Waals surface area contributed by atoms with Gasteiger partial charge >= 0.3 is 10.4 Å². The highest BCUT2D eigenvalue weighted by molar-refractivity contribution is 14.1. The molecular formula is C22H32I2O4S. The maximum atomic E-state index is 8.74. The first-order valence-corrected chi connectivity index (χ1v) is 12.9. The molecule has 0 spiro atoms. The van der Waals surface area contributed by atoms with Crippen molar-refractivity contribution in [1.82, 2.24) is 0 Å². The molecular weight excluding hydrogens is 614 g/mol. The summed E-state index contributed by atoms with van der Waals surface area (Å²) in [5.74, 6) is 0. The van der Waals surface area contributed by atoms with E-state index in [2.05, 4.69) is 135 Å². The highest BCUT2D eigenvalue weighted by Crippen LogP contribution is 2.27. The third kappa shape index (κ3) is 12.9. The lowest BCUT2D eigenvalue weighted by Gasteiger charge is -2.23. The Balaban J connectivity index is 0.000000442. The fraction of sp³-hybridized carbons (Fsp3) is 0.455. The second kappa shape index (κ2) is 12.6. The van der Waals surface area contributed by atoms with E-state index in [1.54, 1.807) is 0 Å². The number of benzene rings is 2. The van der Waals surface area contributed by atoms with E-state index in [0.717, 1.165) is 0 Å². The molecule has 164 valence electrons. The lowest BCUT2D eigenvalue weighted by Crippen LogP contribution is -2.14. The standard InChI is InChI=1S/2C11H15I.H2O4S/c2*1-4-11(2,3)9-5-7-10(12)8-6-9;1-5(2,3)4/h2*5-8H,4H2,1-3H3;(H2,1,2,3,4). The molecule has 0 radical (unpaired) electrons. The van der Waals surface area contributed by atoms with Crippen molar-refractivity contribution in [2.45, 2.75) is 65.2 Å². The van der Waals surface area contributed by atoms with Gasteiger partial charge in [-0.05, 0) is 104 Å². The Kier molecular flexibility index (Phi) is 12.5. The monoisotopic (exact) mass is 646 g/mol. The van der Waals surface area contributed by atoms with Crippen LogP contribution in [0.2, 0.25) is 0 Å². The van der Waals surface area contributed by atoms with Gasteiger partial charge in [-0.25, -0.2) is 0 Å². The minimum atomic E-state index is -4.67. The zero-order valence-electron chi connectivity index (χ0n) is 17.9. The second-order valence-corrected chi connectivity index (χ2v) is 11.3. The maximum absolute atomic E-state index is 8.74. The zero-order valence-corrected chi connectivity index (χ0v) is 23.0. The largest absolute Gasteiger partial charge is 0.394 e. The molecule has 29 heavy (non-hydrogen) atoms. The van der Waals surface area contributed by atoms with Gasteiger partial charge in [0.15, 0.2) is 0 Å². The minimum absolute atomic E-state index is 0.324. The predicted octanol–water partition coefficient (Wildman–Crippen LogP) is 7.30. The predicted molar refractivity (Wildman–Crippen MR) is 139 cm³/mol. The lowest BCUT2D eigenvalue weighted by atomic mass is 9.82. The molecule has 0 heterocycles. The zero-order chi connectivity index (χ0) is 22.9. The van der Waals surface area contributed by atoms with Gasteiger partial charge in [0.05, 0.1) is 0 Å². The van der Waals surface area contributed by atoms with E-state index in [4.69, 9.17) is 17.5 Å². The number of halogens is 2. The van der Waals surface area contributed by atoms with Crippen LogP contribution < -0.4 is 0 Å². The lowest BCUT2D eigenvalue weighted by molar-refractivity contribution is 0.381. The van der Waals surface area contributed by atoms with Gasteiger partial charge in [0.25, 0.3) is 0 Å². The van der Waals surface area contributed by atoms with E-state index in [0.29, 0.717) is 10.8 Å². The first-order chi connectivity index (χ1) is 13.1. The normalized spacial score (nSPS) is 11.7. The minimum Gasteiger partial charge on any atom is -0.264 e. The maximum Gasteiger partial charge on any atom is 0.394 e. The van der Waals surface area contributed by atoms with Gasteiger partial charge in [0.1, 0.15) is 0 Å². The molecule has 0 bridgehead atoms. The Morgan fingerprint density at radius 2 is 0.897 bits per heavy atom. The summed E-state index contributed by atoms with van der Waals surface area (Å²) in [7, 11) is -4.67. The molecule has 4 nitrogen and oxygen atoms in total. The molecule has 2 N–H and O–H groups in total. The van der Waals surface area contributed by atoms with Gasteiger partial charge in [-0.15, -0.1) is 0 Å². The highest BCUT2D eigenvalue weighted by Gasteiger charge is 2.17. The van der Waals surface area contributed by atoms with E-state index < -0.39 is 10.4 Å². The average Bonchev–Trinajstić information content (AvgIpc) is 2.61. The molecule has 0 aliphatic rings. The van der Waals surface area contributed by atoms with Gasteiger partial charge in [-0.1, -0.05) is 65.8 Å². The van der Waals surface area contributed by atoms with Crippen molar-refractivity contribution in [2.75, 3.05) is 0 Å². The van der Waals surface area contributed by atoms with Crippen molar-refractivity contribution >= 4 is 55.6 Å². The van der Waals surface area contributed by atoms with Gasteiger partial charge in [-0.3, -0.25) is 9.11 Å². The van der Waals surface area contributed by atoms with Crippen LogP contribution >= 0.6 is 45.2 Å². The van der Waals surface area contributed by atoms with Crippen molar-refractivity contribution in [2.24, 2.45) is 0 Å². The van der Waals surface area contributed by atoms with Crippen LogP contribution in [0.25, 0.3) is 0 Å². The van der Waals surface area contributed by atoms with E-state index in [9.17, 15) is 0 Å². The third-order valence-electron chi connectivity index (χ3n) is 5.02. The molecule has 2 aromatic rings. The number of hydrogen-bond acceptors (Lipinski definition) is 2. The topological polar surface area (TPSA) is 74.6 Å². The fourth-order valence-electron chi connectivity index (χ4n) is 2.21. The van der Waals surface area contributed by atoms with E-state index in [1.807, 2.05) is 0 Å². The molecule has 0 aliphatic carbocycles. The second-order valence-electron chi connectivity index (χ2n) is 7.94. The first-order valence-electron chi connectivity index (χ1n) is 9.34. The molecule has 0 atom stereocenters. The van der Waals surface area contributed by atoms with Crippen molar-refractivity contribution in [1.29, 1.82) is 0 Å². The van der Waals surface area contributed by atoms with Crippen LogP contribution in [-0.2, 0) is 21.2 Å². The fourth-order valence-corrected chi connectivity index (χ4v) is 2.93. The van der Waals surface area contributed by atoms with E-state index in [-0.39, 0.29) is 0 Å². The Labute approximate surface area is 203 Å². The molecule has 0 aromatic heterocycles. The number of hydrogen-bond donors (Lipinski definition) is 2. The van der Waals surface area contributed by atoms with Gasteiger partial charge < -0.3 is 0 Å². The molecule has 0 fully saturated rings. The smallest absolute Gasteiger partial charge is 0.264 e. The molecule has 2 rings (SSSR count). The summed E-state index contributed by atoms with van der Waals surface area (Å²) >= 11 is 4.67. The summed E-state index contributed by atoms with van der Waals surface area (Å²) in [5.41, 5.74) is 3.52.